The van der Waals surface area contributed by atoms with Gasteiger partial charge in [0.1, 0.15) is 0 Å². The average molecular weight is 388 g/mol. The Morgan fingerprint density at radius 3 is 2.62 bits per heavy atom. The molecule has 1 aliphatic heterocycles. The van der Waals surface area contributed by atoms with E-state index in [-0.39, 0.29) is 18.3 Å². The fraction of sp³-hybridized carbons (Fsp3) is 0.130. The number of rotatable bonds is 6. The molecule has 0 unspecified atom stereocenters. The highest BCUT2D eigenvalue weighted by molar-refractivity contribution is 5.91. The van der Waals surface area contributed by atoms with Gasteiger partial charge in [-0.25, -0.2) is 0 Å². The summed E-state index contributed by atoms with van der Waals surface area (Å²) in [5, 5.41) is 2.86. The molecule has 1 aliphatic rings. The highest BCUT2D eigenvalue weighted by Gasteiger charge is 2.12. The molecule has 0 radical (unpaired) electrons. The largest absolute Gasteiger partial charge is 0.454 e. The number of nitrogens with zero attached hydrogens (tertiary/aromatic N) is 1. The van der Waals surface area contributed by atoms with Crippen molar-refractivity contribution in [3.8, 4) is 11.5 Å². The van der Waals surface area contributed by atoms with Crippen LogP contribution in [0.4, 0.5) is 0 Å². The maximum atomic E-state index is 12.1. The lowest BCUT2D eigenvalue weighted by atomic mass is 10.1. The fourth-order valence-electron chi connectivity index (χ4n) is 2.99. The Balaban J connectivity index is 1.30. The minimum Gasteiger partial charge on any atom is -0.454 e. The highest BCUT2D eigenvalue weighted by Crippen LogP contribution is 2.32. The summed E-state index contributed by atoms with van der Waals surface area (Å²) in [6, 6.07) is 18.5. The Bertz CT molecular complexity index is 1100. The summed E-state index contributed by atoms with van der Waals surface area (Å²) >= 11 is 0. The van der Waals surface area contributed by atoms with Gasteiger partial charge in [0.05, 0.1) is 6.54 Å². The molecule has 0 saturated heterocycles. The molecule has 1 N–H and O–H groups in total. The smallest absolute Gasteiger partial charge is 0.250 e. The molecule has 2 heterocycles. The summed E-state index contributed by atoms with van der Waals surface area (Å²) in [6.45, 7) is 1.17. The molecule has 1 aromatic heterocycles. The summed E-state index contributed by atoms with van der Waals surface area (Å²) in [5.74, 6) is 1.22. The van der Waals surface area contributed by atoms with Gasteiger partial charge < -0.3 is 19.4 Å². The number of carbonyl (C=O) groups excluding carboxylic acids is 1. The van der Waals surface area contributed by atoms with Crippen LogP contribution >= 0.6 is 0 Å². The molecule has 3 aromatic rings. The van der Waals surface area contributed by atoms with E-state index in [0.29, 0.717) is 24.6 Å². The first-order chi connectivity index (χ1) is 14.2. The van der Waals surface area contributed by atoms with Gasteiger partial charge in [-0.15, -0.1) is 0 Å². The number of amides is 1. The maximum absolute atomic E-state index is 12.1. The van der Waals surface area contributed by atoms with Gasteiger partial charge in [0.2, 0.25) is 12.7 Å². The first-order valence-corrected chi connectivity index (χ1v) is 9.26. The van der Waals surface area contributed by atoms with Crippen molar-refractivity contribution >= 4 is 12.0 Å². The van der Waals surface area contributed by atoms with E-state index in [2.05, 4.69) is 5.32 Å². The highest BCUT2D eigenvalue weighted by atomic mass is 16.7. The number of benzene rings is 2. The van der Waals surface area contributed by atoms with Crippen molar-refractivity contribution in [3.63, 3.8) is 0 Å². The Kier molecular flexibility index (Phi) is 5.42. The van der Waals surface area contributed by atoms with Crippen LogP contribution in [0.2, 0.25) is 0 Å². The third-order valence-electron chi connectivity index (χ3n) is 4.57. The molecule has 0 atom stereocenters. The Morgan fingerprint density at radius 1 is 1.00 bits per heavy atom. The van der Waals surface area contributed by atoms with E-state index in [1.54, 1.807) is 29.0 Å². The van der Waals surface area contributed by atoms with Gasteiger partial charge in [-0.3, -0.25) is 9.59 Å². The normalized spacial score (nSPS) is 12.3. The van der Waals surface area contributed by atoms with Crippen molar-refractivity contribution in [2.24, 2.45) is 0 Å². The molecule has 0 bridgehead atoms. The van der Waals surface area contributed by atoms with Crippen LogP contribution in [0.1, 0.15) is 16.7 Å². The molecule has 0 fully saturated rings. The van der Waals surface area contributed by atoms with Crippen molar-refractivity contribution in [2.45, 2.75) is 13.1 Å². The zero-order chi connectivity index (χ0) is 20.1. The minimum absolute atomic E-state index is 0.0295. The van der Waals surface area contributed by atoms with E-state index in [4.69, 9.17) is 9.47 Å². The number of pyridine rings is 1. The van der Waals surface area contributed by atoms with Crippen molar-refractivity contribution in [3.05, 3.63) is 100.0 Å². The molecule has 146 valence electrons. The summed E-state index contributed by atoms with van der Waals surface area (Å²) in [7, 11) is 0. The van der Waals surface area contributed by atoms with Gasteiger partial charge in [-0.05, 0) is 41.0 Å². The van der Waals surface area contributed by atoms with E-state index in [9.17, 15) is 9.59 Å². The van der Waals surface area contributed by atoms with E-state index in [1.807, 2.05) is 48.5 Å². The molecule has 0 aliphatic carbocycles. The van der Waals surface area contributed by atoms with Crippen LogP contribution < -0.4 is 20.3 Å². The van der Waals surface area contributed by atoms with Crippen molar-refractivity contribution in [1.29, 1.82) is 0 Å². The van der Waals surface area contributed by atoms with Crippen LogP contribution in [0.15, 0.2) is 77.7 Å². The second-order valence-electron chi connectivity index (χ2n) is 6.65. The lowest BCUT2D eigenvalue weighted by Gasteiger charge is -2.07. The first-order valence-electron chi connectivity index (χ1n) is 9.26. The van der Waals surface area contributed by atoms with E-state index < -0.39 is 0 Å². The van der Waals surface area contributed by atoms with Crippen LogP contribution in [0.5, 0.6) is 11.5 Å². The number of hydrogen-bond acceptors (Lipinski definition) is 4. The van der Waals surface area contributed by atoms with E-state index >= 15 is 0 Å². The molecule has 0 saturated carbocycles. The van der Waals surface area contributed by atoms with Crippen LogP contribution in [0.3, 0.4) is 0 Å². The Morgan fingerprint density at radius 2 is 1.79 bits per heavy atom. The van der Waals surface area contributed by atoms with Crippen LogP contribution in [0, 0.1) is 0 Å². The maximum Gasteiger partial charge on any atom is 0.250 e. The zero-order valence-corrected chi connectivity index (χ0v) is 15.7. The van der Waals surface area contributed by atoms with Crippen molar-refractivity contribution in [1.82, 2.24) is 9.88 Å². The molecule has 29 heavy (non-hydrogen) atoms. The van der Waals surface area contributed by atoms with Gasteiger partial charge >= 0.3 is 0 Å². The molecule has 6 heteroatoms. The van der Waals surface area contributed by atoms with E-state index in [0.717, 1.165) is 16.7 Å². The van der Waals surface area contributed by atoms with Gasteiger partial charge in [-0.1, -0.05) is 36.4 Å². The summed E-state index contributed by atoms with van der Waals surface area (Å²) < 4.78 is 12.3. The second kappa shape index (κ2) is 8.48. The Hall–Kier alpha value is -3.80. The predicted octanol–water partition coefficient (Wildman–Crippen LogP) is 2.95. The molecule has 1 amide bonds. The van der Waals surface area contributed by atoms with Gasteiger partial charge in [0.15, 0.2) is 11.5 Å². The molecule has 2 aromatic carbocycles. The van der Waals surface area contributed by atoms with Gasteiger partial charge in [0.25, 0.3) is 5.56 Å². The lowest BCUT2D eigenvalue weighted by Crippen LogP contribution is -2.20. The number of nitrogens with one attached hydrogen (secondary N) is 1. The lowest BCUT2D eigenvalue weighted by molar-refractivity contribution is -0.116. The fourth-order valence-corrected chi connectivity index (χ4v) is 2.99. The summed E-state index contributed by atoms with van der Waals surface area (Å²) in [5.41, 5.74) is 2.85. The molecular weight excluding hydrogens is 368 g/mol. The molecule has 0 spiro atoms. The number of ether oxygens (including phenoxy) is 2. The standard InChI is InChI=1S/C23H20N2O4/c26-22(11-9-17-8-10-20-21(13-17)29-16-28-20)24-14-18-4-6-19(7-5-18)15-25-12-2-1-3-23(25)27/h1-13H,14-16H2,(H,24,26)/b11-9+. The second-order valence-corrected chi connectivity index (χ2v) is 6.65. The number of fused-ring (bicyclic) bond motifs is 1. The summed E-state index contributed by atoms with van der Waals surface area (Å²) in [6.07, 6.45) is 4.99. The number of aromatic nitrogens is 1. The van der Waals surface area contributed by atoms with Crippen LogP contribution in [-0.2, 0) is 17.9 Å². The van der Waals surface area contributed by atoms with Crippen LogP contribution in [-0.4, -0.2) is 17.3 Å². The van der Waals surface area contributed by atoms with E-state index in [1.165, 1.54) is 6.08 Å². The number of carbonyl (C=O) groups is 1. The first kappa shape index (κ1) is 18.6. The monoisotopic (exact) mass is 388 g/mol. The molecular formula is C23H20N2O4. The van der Waals surface area contributed by atoms with Crippen molar-refractivity contribution < 1.29 is 14.3 Å². The topological polar surface area (TPSA) is 69.6 Å². The minimum atomic E-state index is -0.178. The third kappa shape index (κ3) is 4.73. The molecule has 4 rings (SSSR count). The quantitative estimate of drug-likeness (QED) is 0.659. The summed E-state index contributed by atoms with van der Waals surface area (Å²) in [4.78, 5) is 23.9. The number of hydrogen-bond donors (Lipinski definition) is 1. The van der Waals surface area contributed by atoms with Crippen LogP contribution in [0.25, 0.3) is 6.08 Å². The Labute approximate surface area is 168 Å². The third-order valence-corrected chi connectivity index (χ3v) is 4.57. The van der Waals surface area contributed by atoms with Crippen molar-refractivity contribution in [2.75, 3.05) is 6.79 Å². The van der Waals surface area contributed by atoms with Gasteiger partial charge in [-0.2, -0.15) is 0 Å². The molecule has 6 nitrogen and oxygen atoms in total. The predicted molar refractivity (Wildman–Crippen MR) is 110 cm³/mol. The average Bonchev–Trinajstić information content (AvgIpc) is 3.21. The van der Waals surface area contributed by atoms with Gasteiger partial charge in [0, 0.05) is 24.9 Å². The zero-order valence-electron chi connectivity index (χ0n) is 15.7. The SMILES string of the molecule is O=C(/C=C/c1ccc2c(c1)OCO2)NCc1ccc(Cn2ccccc2=O)cc1.